The van der Waals surface area contributed by atoms with Crippen LogP contribution in [0.25, 0.3) is 0 Å². The Morgan fingerprint density at radius 3 is 2.44 bits per heavy atom. The predicted octanol–water partition coefficient (Wildman–Crippen LogP) is 1.58. The van der Waals surface area contributed by atoms with E-state index in [4.69, 9.17) is 14.4 Å². The number of amides is 1. The lowest BCUT2D eigenvalue weighted by molar-refractivity contribution is 0.0903. The molecule has 2 heterocycles. The van der Waals surface area contributed by atoms with E-state index in [1.54, 1.807) is 24.3 Å². The lowest BCUT2D eigenvalue weighted by Crippen LogP contribution is -2.49. The van der Waals surface area contributed by atoms with E-state index in [-0.39, 0.29) is 5.91 Å². The minimum atomic E-state index is -0.168. The molecule has 1 aliphatic rings. The molecule has 2 aromatic rings. The van der Waals surface area contributed by atoms with Gasteiger partial charge < -0.3 is 14.5 Å². The molecular weight excluding hydrogens is 344 g/mol. The zero-order valence-corrected chi connectivity index (χ0v) is 15.3. The summed E-state index contributed by atoms with van der Waals surface area (Å²) >= 11 is 0. The van der Waals surface area contributed by atoms with Crippen LogP contribution in [0.3, 0.4) is 0 Å². The second-order valence-electron chi connectivity index (χ2n) is 6.40. The third-order valence-corrected chi connectivity index (χ3v) is 4.58. The standard InChI is InChI=1S/C20H24N4O3/c21-16-17-3-5-18(6-4-17)26-15-13-24-11-9-23(10-12-24)8-7-22-20(25)19-2-1-14-27-19/h1-6,14H,7-13,15H2,(H,22,25). The molecule has 1 saturated heterocycles. The molecule has 0 saturated carbocycles. The number of nitrogens with zero attached hydrogens (tertiary/aromatic N) is 3. The van der Waals surface area contributed by atoms with Gasteiger partial charge in [0, 0.05) is 45.8 Å². The molecule has 1 N–H and O–H groups in total. The van der Waals surface area contributed by atoms with E-state index in [2.05, 4.69) is 21.2 Å². The van der Waals surface area contributed by atoms with Crippen LogP contribution in [0, 0.1) is 11.3 Å². The Labute approximate surface area is 159 Å². The second kappa shape index (κ2) is 9.76. The van der Waals surface area contributed by atoms with Gasteiger partial charge in [0.25, 0.3) is 5.91 Å². The molecule has 0 atom stereocenters. The molecule has 1 aromatic heterocycles. The van der Waals surface area contributed by atoms with Crippen molar-refractivity contribution in [2.75, 3.05) is 52.4 Å². The highest BCUT2D eigenvalue weighted by Crippen LogP contribution is 2.11. The van der Waals surface area contributed by atoms with Crippen molar-refractivity contribution in [1.29, 1.82) is 5.26 Å². The highest BCUT2D eigenvalue weighted by atomic mass is 16.5. The number of hydrogen-bond donors (Lipinski definition) is 1. The van der Waals surface area contributed by atoms with Crippen LogP contribution in [0.4, 0.5) is 0 Å². The van der Waals surface area contributed by atoms with Gasteiger partial charge in [0.15, 0.2) is 5.76 Å². The average molecular weight is 368 g/mol. The van der Waals surface area contributed by atoms with E-state index >= 15 is 0 Å². The Hall–Kier alpha value is -2.82. The molecule has 27 heavy (non-hydrogen) atoms. The van der Waals surface area contributed by atoms with Gasteiger partial charge in [0.05, 0.1) is 17.9 Å². The fourth-order valence-electron chi connectivity index (χ4n) is 2.98. The van der Waals surface area contributed by atoms with Crippen LogP contribution >= 0.6 is 0 Å². The fraction of sp³-hybridized carbons (Fsp3) is 0.400. The van der Waals surface area contributed by atoms with Crippen molar-refractivity contribution in [3.8, 4) is 11.8 Å². The van der Waals surface area contributed by atoms with Gasteiger partial charge >= 0.3 is 0 Å². The van der Waals surface area contributed by atoms with Crippen LogP contribution in [-0.4, -0.2) is 68.1 Å². The molecule has 1 fully saturated rings. The number of carbonyl (C=O) groups is 1. The van der Waals surface area contributed by atoms with Crippen molar-refractivity contribution in [3.05, 3.63) is 54.0 Å². The van der Waals surface area contributed by atoms with E-state index < -0.39 is 0 Å². The molecule has 0 unspecified atom stereocenters. The Balaban J connectivity index is 1.27. The maximum Gasteiger partial charge on any atom is 0.287 e. The van der Waals surface area contributed by atoms with E-state index in [1.807, 2.05) is 12.1 Å². The summed E-state index contributed by atoms with van der Waals surface area (Å²) in [7, 11) is 0. The van der Waals surface area contributed by atoms with Crippen LogP contribution in [0.1, 0.15) is 16.1 Å². The first-order valence-corrected chi connectivity index (χ1v) is 9.14. The van der Waals surface area contributed by atoms with Crippen LogP contribution < -0.4 is 10.1 Å². The van der Waals surface area contributed by atoms with Crippen LogP contribution in [-0.2, 0) is 0 Å². The molecule has 1 aliphatic heterocycles. The first-order valence-electron chi connectivity index (χ1n) is 9.14. The minimum Gasteiger partial charge on any atom is -0.492 e. The third kappa shape index (κ3) is 5.84. The lowest BCUT2D eigenvalue weighted by atomic mass is 10.2. The van der Waals surface area contributed by atoms with Crippen molar-refractivity contribution in [2.45, 2.75) is 0 Å². The van der Waals surface area contributed by atoms with Gasteiger partial charge in [-0.3, -0.25) is 14.6 Å². The number of ether oxygens (including phenoxy) is 1. The largest absolute Gasteiger partial charge is 0.492 e. The highest BCUT2D eigenvalue weighted by Gasteiger charge is 2.17. The summed E-state index contributed by atoms with van der Waals surface area (Å²) < 4.78 is 10.8. The van der Waals surface area contributed by atoms with E-state index in [0.29, 0.717) is 24.5 Å². The molecule has 7 nitrogen and oxygen atoms in total. The fourth-order valence-corrected chi connectivity index (χ4v) is 2.98. The monoisotopic (exact) mass is 368 g/mol. The zero-order valence-electron chi connectivity index (χ0n) is 15.3. The van der Waals surface area contributed by atoms with Crippen LogP contribution in [0.15, 0.2) is 47.1 Å². The second-order valence-corrected chi connectivity index (χ2v) is 6.40. The maximum atomic E-state index is 11.8. The number of piperazine rings is 1. The van der Waals surface area contributed by atoms with Crippen LogP contribution in [0.5, 0.6) is 5.75 Å². The van der Waals surface area contributed by atoms with Crippen molar-refractivity contribution < 1.29 is 13.9 Å². The molecule has 1 amide bonds. The SMILES string of the molecule is N#Cc1ccc(OCCN2CCN(CCNC(=O)c3ccco3)CC2)cc1. The Morgan fingerprint density at radius 1 is 1.11 bits per heavy atom. The quantitative estimate of drug-likeness (QED) is 0.762. The van der Waals surface area contributed by atoms with E-state index in [1.165, 1.54) is 6.26 Å². The topological polar surface area (TPSA) is 81.7 Å². The number of rotatable bonds is 8. The molecule has 0 radical (unpaired) electrons. The molecule has 0 bridgehead atoms. The summed E-state index contributed by atoms with van der Waals surface area (Å²) in [6.07, 6.45) is 1.50. The van der Waals surface area contributed by atoms with E-state index in [9.17, 15) is 4.79 Å². The zero-order chi connectivity index (χ0) is 18.9. The van der Waals surface area contributed by atoms with Gasteiger partial charge in [-0.15, -0.1) is 0 Å². The summed E-state index contributed by atoms with van der Waals surface area (Å²) in [6.45, 7) is 6.89. The smallest absolute Gasteiger partial charge is 0.287 e. The van der Waals surface area contributed by atoms with Gasteiger partial charge in [-0.2, -0.15) is 5.26 Å². The maximum absolute atomic E-state index is 11.8. The number of hydrogen-bond acceptors (Lipinski definition) is 6. The van der Waals surface area contributed by atoms with Gasteiger partial charge in [-0.05, 0) is 36.4 Å². The molecule has 0 aliphatic carbocycles. The first kappa shape index (κ1) is 19.0. The Bertz CT molecular complexity index is 745. The normalized spacial score (nSPS) is 15.2. The van der Waals surface area contributed by atoms with Gasteiger partial charge in [-0.25, -0.2) is 0 Å². The Kier molecular flexibility index (Phi) is 6.85. The van der Waals surface area contributed by atoms with Crippen LogP contribution in [0.2, 0.25) is 0 Å². The van der Waals surface area contributed by atoms with Gasteiger partial charge in [0.2, 0.25) is 0 Å². The molecule has 3 rings (SSSR count). The predicted molar refractivity (Wildman–Crippen MR) is 101 cm³/mol. The lowest BCUT2D eigenvalue weighted by Gasteiger charge is -2.34. The molecule has 1 aromatic carbocycles. The number of nitrogens with one attached hydrogen (secondary N) is 1. The summed E-state index contributed by atoms with van der Waals surface area (Å²) in [4.78, 5) is 16.5. The Morgan fingerprint density at radius 2 is 1.81 bits per heavy atom. The molecule has 7 heteroatoms. The number of furan rings is 1. The number of carbonyl (C=O) groups excluding carboxylic acids is 1. The molecule has 0 spiro atoms. The molecule has 142 valence electrons. The summed E-state index contributed by atoms with van der Waals surface area (Å²) in [6, 6.07) is 12.6. The number of benzene rings is 1. The van der Waals surface area contributed by atoms with Crippen molar-refractivity contribution in [1.82, 2.24) is 15.1 Å². The molecular formula is C20H24N4O3. The number of nitriles is 1. The third-order valence-electron chi connectivity index (χ3n) is 4.58. The average Bonchev–Trinajstić information content (AvgIpc) is 3.25. The van der Waals surface area contributed by atoms with Crippen molar-refractivity contribution in [3.63, 3.8) is 0 Å². The summed E-state index contributed by atoms with van der Waals surface area (Å²) in [5.41, 5.74) is 0.638. The summed E-state index contributed by atoms with van der Waals surface area (Å²) in [5, 5.41) is 11.7. The van der Waals surface area contributed by atoms with Gasteiger partial charge in [0.1, 0.15) is 12.4 Å². The van der Waals surface area contributed by atoms with Crippen molar-refractivity contribution >= 4 is 5.91 Å². The van der Waals surface area contributed by atoms with Gasteiger partial charge in [-0.1, -0.05) is 0 Å². The van der Waals surface area contributed by atoms with Crippen molar-refractivity contribution in [2.24, 2.45) is 0 Å². The highest BCUT2D eigenvalue weighted by molar-refractivity contribution is 5.91. The summed E-state index contributed by atoms with van der Waals surface area (Å²) in [5.74, 6) is 0.973. The van der Waals surface area contributed by atoms with E-state index in [0.717, 1.165) is 45.0 Å². The first-order chi connectivity index (χ1) is 13.2. The minimum absolute atomic E-state index is 0.168.